The average Bonchev–Trinajstić information content (AvgIpc) is 2.53. The highest BCUT2D eigenvalue weighted by atomic mass is 35.5. The maximum atomic E-state index is 11.8. The molecule has 0 saturated carbocycles. The standard InChI is InChI=1S/C16H13ClN2O5/c17-10-3-1-9(2-4-10)15(22)18-8-14(21)19-11-5-6-12(16(23)24)13(20)7-11/h1-7,20H,8H2,(H,18,22)(H,19,21)(H,23,24). The van der Waals surface area contributed by atoms with E-state index in [0.29, 0.717) is 10.6 Å². The average molecular weight is 349 g/mol. The summed E-state index contributed by atoms with van der Waals surface area (Å²) < 4.78 is 0. The van der Waals surface area contributed by atoms with E-state index in [1.54, 1.807) is 12.1 Å². The van der Waals surface area contributed by atoms with E-state index in [1.165, 1.54) is 24.3 Å². The summed E-state index contributed by atoms with van der Waals surface area (Å²) in [6, 6.07) is 9.78. The number of phenols is 1. The van der Waals surface area contributed by atoms with Crippen molar-refractivity contribution < 1.29 is 24.6 Å². The van der Waals surface area contributed by atoms with Gasteiger partial charge in [0.15, 0.2) is 0 Å². The summed E-state index contributed by atoms with van der Waals surface area (Å²) in [7, 11) is 0. The Morgan fingerprint density at radius 2 is 1.71 bits per heavy atom. The Morgan fingerprint density at radius 3 is 2.29 bits per heavy atom. The van der Waals surface area contributed by atoms with E-state index in [2.05, 4.69) is 10.6 Å². The van der Waals surface area contributed by atoms with Gasteiger partial charge in [-0.1, -0.05) is 11.6 Å². The van der Waals surface area contributed by atoms with Gasteiger partial charge in [0, 0.05) is 22.3 Å². The molecule has 0 aliphatic heterocycles. The lowest BCUT2D eigenvalue weighted by Gasteiger charge is -2.08. The molecule has 0 aliphatic rings. The third-order valence-corrected chi connectivity index (χ3v) is 3.28. The molecule has 0 heterocycles. The van der Waals surface area contributed by atoms with Crippen molar-refractivity contribution in [3.63, 3.8) is 0 Å². The van der Waals surface area contributed by atoms with Crippen LogP contribution in [0.4, 0.5) is 5.69 Å². The van der Waals surface area contributed by atoms with Crippen LogP contribution in [-0.4, -0.2) is 34.5 Å². The van der Waals surface area contributed by atoms with E-state index in [0.717, 1.165) is 6.07 Å². The number of nitrogens with one attached hydrogen (secondary N) is 2. The van der Waals surface area contributed by atoms with Crippen LogP contribution < -0.4 is 10.6 Å². The predicted molar refractivity (Wildman–Crippen MR) is 87.5 cm³/mol. The number of rotatable bonds is 5. The van der Waals surface area contributed by atoms with Crippen LogP contribution in [0, 0.1) is 0 Å². The summed E-state index contributed by atoms with van der Waals surface area (Å²) in [4.78, 5) is 34.4. The van der Waals surface area contributed by atoms with Gasteiger partial charge in [0.2, 0.25) is 5.91 Å². The molecule has 0 aliphatic carbocycles. The van der Waals surface area contributed by atoms with Crippen LogP contribution in [0.3, 0.4) is 0 Å². The van der Waals surface area contributed by atoms with Crippen LogP contribution in [0.5, 0.6) is 5.75 Å². The minimum Gasteiger partial charge on any atom is -0.507 e. The predicted octanol–water partition coefficient (Wildman–Crippen LogP) is 2.11. The first kappa shape index (κ1) is 17.3. The van der Waals surface area contributed by atoms with Crippen LogP contribution in [0.15, 0.2) is 42.5 Å². The highest BCUT2D eigenvalue weighted by molar-refractivity contribution is 6.30. The number of carboxylic acids is 1. The van der Waals surface area contributed by atoms with Gasteiger partial charge in [-0.3, -0.25) is 9.59 Å². The fourth-order valence-corrected chi connectivity index (χ4v) is 1.99. The smallest absolute Gasteiger partial charge is 0.339 e. The lowest BCUT2D eigenvalue weighted by Crippen LogP contribution is -2.32. The molecule has 0 radical (unpaired) electrons. The van der Waals surface area contributed by atoms with Gasteiger partial charge in [-0.25, -0.2) is 4.79 Å². The topological polar surface area (TPSA) is 116 Å². The maximum Gasteiger partial charge on any atom is 0.339 e. The number of carbonyl (C=O) groups excluding carboxylic acids is 2. The zero-order chi connectivity index (χ0) is 17.7. The van der Waals surface area contributed by atoms with Crippen LogP contribution in [-0.2, 0) is 4.79 Å². The monoisotopic (exact) mass is 348 g/mol. The Balaban J connectivity index is 1.91. The Bertz CT molecular complexity index is 790. The van der Waals surface area contributed by atoms with Crippen LogP contribution in [0.25, 0.3) is 0 Å². The van der Waals surface area contributed by atoms with Gasteiger partial charge in [-0.05, 0) is 36.4 Å². The first-order valence-electron chi connectivity index (χ1n) is 6.77. The van der Waals surface area contributed by atoms with Gasteiger partial charge in [0.1, 0.15) is 11.3 Å². The fourth-order valence-electron chi connectivity index (χ4n) is 1.86. The number of benzene rings is 2. The number of hydrogen-bond donors (Lipinski definition) is 4. The highest BCUT2D eigenvalue weighted by Gasteiger charge is 2.12. The molecular weight excluding hydrogens is 336 g/mol. The van der Waals surface area contributed by atoms with E-state index in [1.807, 2.05) is 0 Å². The number of aromatic carboxylic acids is 1. The van der Waals surface area contributed by atoms with Crippen molar-refractivity contribution in [2.45, 2.75) is 0 Å². The molecule has 0 fully saturated rings. The van der Waals surface area contributed by atoms with Crippen molar-refractivity contribution in [1.29, 1.82) is 0 Å². The molecule has 2 amide bonds. The Kier molecular flexibility index (Phi) is 5.39. The molecular formula is C16H13ClN2O5. The number of hydrogen-bond acceptors (Lipinski definition) is 4. The minimum atomic E-state index is -1.28. The molecule has 4 N–H and O–H groups in total. The van der Waals surface area contributed by atoms with Crippen LogP contribution >= 0.6 is 11.6 Å². The number of carboxylic acid groups (broad SMARTS) is 1. The molecule has 0 bridgehead atoms. The number of anilines is 1. The molecule has 0 unspecified atom stereocenters. The summed E-state index contributed by atoms with van der Waals surface area (Å²) in [6.07, 6.45) is 0. The van der Waals surface area contributed by atoms with Gasteiger partial charge in [-0.15, -0.1) is 0 Å². The quantitative estimate of drug-likeness (QED) is 0.660. The Morgan fingerprint density at radius 1 is 1.04 bits per heavy atom. The molecule has 24 heavy (non-hydrogen) atoms. The van der Waals surface area contributed by atoms with Crippen LogP contribution in [0.1, 0.15) is 20.7 Å². The number of amides is 2. The van der Waals surface area contributed by atoms with E-state index >= 15 is 0 Å². The number of aromatic hydroxyl groups is 1. The second-order valence-electron chi connectivity index (χ2n) is 4.77. The number of halogens is 1. The van der Waals surface area contributed by atoms with E-state index in [-0.39, 0.29) is 17.8 Å². The maximum absolute atomic E-state index is 11.8. The fraction of sp³-hybridized carbons (Fsp3) is 0.0625. The summed E-state index contributed by atoms with van der Waals surface area (Å²) >= 11 is 5.72. The summed E-state index contributed by atoms with van der Waals surface area (Å²) in [6.45, 7) is -0.289. The van der Waals surface area contributed by atoms with E-state index < -0.39 is 23.5 Å². The lowest BCUT2D eigenvalue weighted by atomic mass is 10.2. The largest absolute Gasteiger partial charge is 0.507 e. The zero-order valence-corrected chi connectivity index (χ0v) is 13.0. The molecule has 0 spiro atoms. The van der Waals surface area contributed by atoms with Gasteiger partial charge in [0.25, 0.3) is 5.91 Å². The summed E-state index contributed by atoms with van der Waals surface area (Å²) in [5, 5.41) is 23.7. The normalized spacial score (nSPS) is 10.0. The van der Waals surface area contributed by atoms with E-state index in [9.17, 15) is 19.5 Å². The second kappa shape index (κ2) is 7.47. The van der Waals surface area contributed by atoms with Crippen molar-refractivity contribution in [1.82, 2.24) is 5.32 Å². The Labute approximate surface area is 141 Å². The second-order valence-corrected chi connectivity index (χ2v) is 5.21. The molecule has 0 saturated heterocycles. The first-order valence-corrected chi connectivity index (χ1v) is 7.14. The van der Waals surface area contributed by atoms with E-state index in [4.69, 9.17) is 16.7 Å². The van der Waals surface area contributed by atoms with Crippen molar-refractivity contribution in [2.24, 2.45) is 0 Å². The van der Waals surface area contributed by atoms with Crippen LogP contribution in [0.2, 0.25) is 5.02 Å². The molecule has 7 nitrogen and oxygen atoms in total. The molecule has 124 valence electrons. The van der Waals surface area contributed by atoms with Gasteiger partial charge in [0.05, 0.1) is 6.54 Å². The third kappa shape index (κ3) is 4.47. The molecule has 2 rings (SSSR count). The SMILES string of the molecule is O=C(CNC(=O)c1ccc(Cl)cc1)Nc1ccc(C(=O)O)c(O)c1. The Hall–Kier alpha value is -3.06. The van der Waals surface area contributed by atoms with Crippen molar-refractivity contribution in [3.05, 3.63) is 58.6 Å². The molecule has 0 atom stereocenters. The summed E-state index contributed by atoms with van der Waals surface area (Å²) in [5.41, 5.74) is 0.294. The molecule has 0 aromatic heterocycles. The highest BCUT2D eigenvalue weighted by Crippen LogP contribution is 2.21. The van der Waals surface area contributed by atoms with Crippen molar-refractivity contribution >= 4 is 35.1 Å². The first-order chi connectivity index (χ1) is 11.4. The summed E-state index contributed by atoms with van der Waals surface area (Å²) in [5.74, 6) is -2.71. The molecule has 8 heteroatoms. The number of carbonyl (C=O) groups is 3. The minimum absolute atomic E-state index is 0.211. The van der Waals surface area contributed by atoms with Gasteiger partial charge >= 0.3 is 5.97 Å². The third-order valence-electron chi connectivity index (χ3n) is 3.03. The zero-order valence-electron chi connectivity index (χ0n) is 12.2. The van der Waals surface area contributed by atoms with Crippen molar-refractivity contribution in [2.75, 3.05) is 11.9 Å². The lowest BCUT2D eigenvalue weighted by molar-refractivity contribution is -0.115. The van der Waals surface area contributed by atoms with Gasteiger partial charge < -0.3 is 20.8 Å². The van der Waals surface area contributed by atoms with Crippen molar-refractivity contribution in [3.8, 4) is 5.75 Å². The molecule has 2 aromatic rings. The van der Waals surface area contributed by atoms with Gasteiger partial charge in [-0.2, -0.15) is 0 Å². The molecule has 2 aromatic carbocycles.